The minimum Gasteiger partial charge on any atom is -0.493 e. The van der Waals surface area contributed by atoms with Crippen LogP contribution in [-0.4, -0.2) is 45.0 Å². The van der Waals surface area contributed by atoms with E-state index in [2.05, 4.69) is 25.3 Å². The van der Waals surface area contributed by atoms with Gasteiger partial charge in [-0.15, -0.1) is 5.10 Å². The van der Waals surface area contributed by atoms with Crippen molar-refractivity contribution in [1.29, 1.82) is 0 Å². The number of H-pyrrole nitrogens is 2. The topological polar surface area (TPSA) is 162 Å². The van der Waals surface area contributed by atoms with Crippen LogP contribution in [0.25, 0.3) is 22.4 Å². The molecule has 3 aromatic heterocycles. The maximum atomic E-state index is 12.9. The molecule has 12 nitrogen and oxygen atoms in total. The Morgan fingerprint density at radius 1 is 1.12 bits per heavy atom. The SMILES string of the molecule is CCCc1nn(C)c2c(=O)[nH]c(-c3cc(S(=O)(=O)Oc4ccc(=O)[nH]n4)ccc3OCC)nc12. The van der Waals surface area contributed by atoms with Crippen LogP contribution in [0.15, 0.2) is 44.8 Å². The largest absolute Gasteiger partial charge is 0.493 e. The summed E-state index contributed by atoms with van der Waals surface area (Å²) in [5.74, 6) is 0.153. The number of aromatic amines is 2. The van der Waals surface area contributed by atoms with Crippen molar-refractivity contribution in [3.05, 3.63) is 56.7 Å². The Kier molecular flexibility index (Phi) is 6.20. The molecule has 0 radical (unpaired) electrons. The van der Waals surface area contributed by atoms with Gasteiger partial charge in [0.1, 0.15) is 22.0 Å². The Morgan fingerprint density at radius 3 is 2.59 bits per heavy atom. The summed E-state index contributed by atoms with van der Waals surface area (Å²) in [7, 11) is -2.66. The molecule has 0 aliphatic carbocycles. The van der Waals surface area contributed by atoms with Crippen LogP contribution in [0.2, 0.25) is 0 Å². The second kappa shape index (κ2) is 9.09. The number of benzene rings is 1. The Morgan fingerprint density at radius 2 is 1.91 bits per heavy atom. The maximum Gasteiger partial charge on any atom is 0.340 e. The molecule has 0 aliphatic rings. The molecule has 2 N–H and O–H groups in total. The molecular formula is C21H22N6O6S. The molecule has 34 heavy (non-hydrogen) atoms. The predicted molar refractivity (Wildman–Crippen MR) is 122 cm³/mol. The number of aryl methyl sites for hydroxylation is 2. The van der Waals surface area contributed by atoms with Gasteiger partial charge in [0.15, 0.2) is 5.52 Å². The van der Waals surface area contributed by atoms with E-state index in [9.17, 15) is 18.0 Å². The normalized spacial score (nSPS) is 11.6. The molecule has 0 unspecified atom stereocenters. The average molecular weight is 487 g/mol. The minimum atomic E-state index is -4.33. The Hall–Kier alpha value is -4.00. The molecule has 0 saturated heterocycles. The van der Waals surface area contributed by atoms with E-state index in [0.29, 0.717) is 35.5 Å². The molecule has 0 aliphatic heterocycles. The Balaban J connectivity index is 1.85. The molecule has 0 bridgehead atoms. The van der Waals surface area contributed by atoms with Crippen LogP contribution in [0.4, 0.5) is 0 Å². The van der Waals surface area contributed by atoms with Crippen LogP contribution < -0.4 is 20.0 Å². The number of ether oxygens (including phenoxy) is 1. The van der Waals surface area contributed by atoms with Gasteiger partial charge in [0.2, 0.25) is 0 Å². The predicted octanol–water partition coefficient (Wildman–Crippen LogP) is 1.53. The van der Waals surface area contributed by atoms with E-state index in [-0.39, 0.29) is 22.2 Å². The molecule has 3 heterocycles. The van der Waals surface area contributed by atoms with E-state index in [0.717, 1.165) is 18.6 Å². The molecule has 4 rings (SSSR count). The zero-order chi connectivity index (χ0) is 24.5. The number of hydrogen-bond acceptors (Lipinski definition) is 9. The molecule has 0 amide bonds. The van der Waals surface area contributed by atoms with Crippen LogP contribution in [0, 0.1) is 0 Å². The summed E-state index contributed by atoms with van der Waals surface area (Å²) in [6.45, 7) is 4.07. The smallest absolute Gasteiger partial charge is 0.340 e. The van der Waals surface area contributed by atoms with Crippen molar-refractivity contribution < 1.29 is 17.3 Å². The first-order valence-corrected chi connectivity index (χ1v) is 11.9. The highest BCUT2D eigenvalue weighted by Gasteiger charge is 2.23. The quantitative estimate of drug-likeness (QED) is 0.352. The fourth-order valence-corrected chi connectivity index (χ4v) is 4.36. The third-order valence-corrected chi connectivity index (χ3v) is 6.11. The van der Waals surface area contributed by atoms with Gasteiger partial charge >= 0.3 is 10.1 Å². The van der Waals surface area contributed by atoms with Crippen LogP contribution in [-0.2, 0) is 23.6 Å². The van der Waals surface area contributed by atoms with E-state index in [4.69, 9.17) is 8.92 Å². The van der Waals surface area contributed by atoms with Crippen molar-refractivity contribution in [2.75, 3.05) is 6.61 Å². The molecule has 4 aromatic rings. The third kappa shape index (κ3) is 4.41. The van der Waals surface area contributed by atoms with Gasteiger partial charge in [-0.2, -0.15) is 13.5 Å². The summed E-state index contributed by atoms with van der Waals surface area (Å²) in [5, 5.41) is 10.1. The molecule has 13 heteroatoms. The first kappa shape index (κ1) is 23.2. The van der Waals surface area contributed by atoms with E-state index in [1.807, 2.05) is 6.92 Å². The second-order valence-electron chi connectivity index (χ2n) is 7.32. The van der Waals surface area contributed by atoms with E-state index < -0.39 is 21.2 Å². The Bertz CT molecular complexity index is 1570. The summed E-state index contributed by atoms with van der Waals surface area (Å²) in [6, 6.07) is 6.28. The monoisotopic (exact) mass is 486 g/mol. The van der Waals surface area contributed by atoms with Crippen LogP contribution >= 0.6 is 0 Å². The number of aromatic nitrogens is 6. The fourth-order valence-electron chi connectivity index (χ4n) is 3.45. The van der Waals surface area contributed by atoms with Gasteiger partial charge in [0.05, 0.1) is 17.9 Å². The number of fused-ring (bicyclic) bond motifs is 1. The van der Waals surface area contributed by atoms with Crippen molar-refractivity contribution in [3.63, 3.8) is 0 Å². The van der Waals surface area contributed by atoms with E-state index >= 15 is 0 Å². The first-order valence-electron chi connectivity index (χ1n) is 10.5. The lowest BCUT2D eigenvalue weighted by Crippen LogP contribution is -2.15. The number of hydrogen-bond donors (Lipinski definition) is 2. The summed E-state index contributed by atoms with van der Waals surface area (Å²) in [6.07, 6.45) is 1.43. The van der Waals surface area contributed by atoms with Gasteiger partial charge in [0, 0.05) is 19.2 Å². The van der Waals surface area contributed by atoms with Gasteiger partial charge in [0.25, 0.3) is 17.0 Å². The lowest BCUT2D eigenvalue weighted by molar-refractivity contribution is 0.341. The number of nitrogens with one attached hydrogen (secondary N) is 2. The summed E-state index contributed by atoms with van der Waals surface area (Å²) < 4.78 is 37.9. The summed E-state index contributed by atoms with van der Waals surface area (Å²) in [5.41, 5.74) is 0.764. The molecular weight excluding hydrogens is 464 g/mol. The molecule has 0 atom stereocenters. The van der Waals surface area contributed by atoms with E-state index in [1.165, 1.54) is 22.9 Å². The van der Waals surface area contributed by atoms with Crippen LogP contribution in [0.3, 0.4) is 0 Å². The van der Waals surface area contributed by atoms with Gasteiger partial charge in [-0.3, -0.25) is 14.3 Å². The minimum absolute atomic E-state index is 0.130. The average Bonchev–Trinajstić information content (AvgIpc) is 3.11. The van der Waals surface area contributed by atoms with Crippen molar-refractivity contribution in [3.8, 4) is 23.0 Å². The van der Waals surface area contributed by atoms with Crippen LogP contribution in [0.5, 0.6) is 11.6 Å². The van der Waals surface area contributed by atoms with Gasteiger partial charge in [-0.25, -0.2) is 10.1 Å². The van der Waals surface area contributed by atoms with E-state index in [1.54, 1.807) is 14.0 Å². The van der Waals surface area contributed by atoms with Crippen molar-refractivity contribution in [2.24, 2.45) is 7.05 Å². The third-order valence-electron chi connectivity index (χ3n) is 4.89. The zero-order valence-electron chi connectivity index (χ0n) is 18.7. The molecule has 1 aromatic carbocycles. The lowest BCUT2D eigenvalue weighted by Gasteiger charge is -2.12. The van der Waals surface area contributed by atoms with Gasteiger partial charge < -0.3 is 13.9 Å². The van der Waals surface area contributed by atoms with Crippen molar-refractivity contribution in [1.82, 2.24) is 29.9 Å². The fraction of sp³-hybridized carbons (Fsp3) is 0.286. The molecule has 178 valence electrons. The van der Waals surface area contributed by atoms with Crippen molar-refractivity contribution in [2.45, 2.75) is 31.6 Å². The summed E-state index contributed by atoms with van der Waals surface area (Å²) >= 11 is 0. The maximum absolute atomic E-state index is 12.9. The highest BCUT2D eigenvalue weighted by atomic mass is 32.2. The second-order valence-corrected chi connectivity index (χ2v) is 8.87. The highest BCUT2D eigenvalue weighted by Crippen LogP contribution is 2.31. The Labute approximate surface area is 193 Å². The highest BCUT2D eigenvalue weighted by molar-refractivity contribution is 7.87. The van der Waals surface area contributed by atoms with Gasteiger partial charge in [-0.05, 0) is 31.5 Å². The summed E-state index contributed by atoms with van der Waals surface area (Å²) in [4.78, 5) is 31.1. The first-order chi connectivity index (χ1) is 16.2. The zero-order valence-corrected chi connectivity index (χ0v) is 19.5. The van der Waals surface area contributed by atoms with Crippen LogP contribution in [0.1, 0.15) is 26.0 Å². The lowest BCUT2D eigenvalue weighted by atomic mass is 10.1. The molecule has 0 spiro atoms. The number of nitrogens with zero attached hydrogens (tertiary/aromatic N) is 4. The van der Waals surface area contributed by atoms with Crippen molar-refractivity contribution >= 4 is 21.2 Å². The molecule has 0 fully saturated rings. The molecule has 0 saturated carbocycles. The number of rotatable bonds is 8. The standard InChI is InChI=1S/C21H22N6O6S/c1-4-6-14-18-19(27(3)26-14)21(29)23-20(22-18)13-11-12(7-8-15(13)32-5-2)34(30,31)33-17-10-9-16(28)24-25-17/h7-11H,4-6H2,1-3H3,(H,24,28)(H,22,23,29). The van der Waals surface area contributed by atoms with Gasteiger partial charge in [-0.1, -0.05) is 13.3 Å².